The third kappa shape index (κ3) is 3.53. The van der Waals surface area contributed by atoms with Crippen molar-refractivity contribution < 1.29 is 9.59 Å². The molecule has 0 unspecified atom stereocenters. The van der Waals surface area contributed by atoms with Crippen LogP contribution in [0.15, 0.2) is 77.8 Å². The highest BCUT2D eigenvalue weighted by atomic mass is 32.1. The number of carbonyl (C=O) groups excluding carboxylic acids is 2. The summed E-state index contributed by atoms with van der Waals surface area (Å²) in [7, 11) is 0. The fraction of sp³-hybridized carbons (Fsp3) is 0.200. The van der Waals surface area contributed by atoms with Gasteiger partial charge in [0, 0.05) is 36.7 Å². The molecule has 2 amide bonds. The molecule has 2 aliphatic rings. The average molecular weight is 430 g/mol. The van der Waals surface area contributed by atoms with Crippen molar-refractivity contribution in [2.75, 3.05) is 36.0 Å². The lowest BCUT2D eigenvalue weighted by atomic mass is 10.1. The largest absolute Gasteiger partial charge is 0.368 e. The Morgan fingerprint density at radius 2 is 1.39 bits per heavy atom. The first-order valence-electron chi connectivity index (χ1n) is 10.4. The van der Waals surface area contributed by atoms with Gasteiger partial charge in [0.2, 0.25) is 0 Å². The molecule has 0 spiro atoms. The van der Waals surface area contributed by atoms with Gasteiger partial charge >= 0.3 is 0 Å². The van der Waals surface area contributed by atoms with Gasteiger partial charge in [0.1, 0.15) is 5.70 Å². The molecule has 0 bridgehead atoms. The lowest BCUT2D eigenvalue weighted by Gasteiger charge is -2.37. The zero-order chi connectivity index (χ0) is 21.4. The van der Waals surface area contributed by atoms with Crippen molar-refractivity contribution in [3.8, 4) is 0 Å². The van der Waals surface area contributed by atoms with Crippen molar-refractivity contribution >= 4 is 40.1 Å². The molecule has 0 aliphatic carbocycles. The van der Waals surface area contributed by atoms with E-state index in [0.717, 1.165) is 23.5 Å². The van der Waals surface area contributed by atoms with Gasteiger partial charge in [-0.05, 0) is 42.6 Å². The number of nitrogens with zero attached hydrogens (tertiary/aromatic N) is 3. The monoisotopic (exact) mass is 429 g/mol. The Morgan fingerprint density at radius 1 is 0.710 bits per heavy atom. The van der Waals surface area contributed by atoms with Crippen LogP contribution in [0.2, 0.25) is 0 Å². The standard InChI is InChI=1S/C25H23N3O2S/c1-18-9-11-20(12-10-18)28-24(29)22(21-8-5-17-31-21)23(25(28)30)27-15-13-26(14-16-27)19-6-3-2-4-7-19/h2-12,17H,13-16H2,1H3. The summed E-state index contributed by atoms with van der Waals surface area (Å²) < 4.78 is 0. The first-order chi connectivity index (χ1) is 15.1. The van der Waals surface area contributed by atoms with Crippen molar-refractivity contribution in [3.63, 3.8) is 0 Å². The van der Waals surface area contributed by atoms with Gasteiger partial charge < -0.3 is 9.80 Å². The third-order valence-corrected chi connectivity index (χ3v) is 6.72. The summed E-state index contributed by atoms with van der Waals surface area (Å²) in [5.74, 6) is -0.470. The molecule has 31 heavy (non-hydrogen) atoms. The first-order valence-corrected chi connectivity index (χ1v) is 11.3. The van der Waals surface area contributed by atoms with Crippen molar-refractivity contribution in [1.82, 2.24) is 4.90 Å². The molecule has 0 atom stereocenters. The Morgan fingerprint density at radius 3 is 2.03 bits per heavy atom. The zero-order valence-electron chi connectivity index (χ0n) is 17.3. The van der Waals surface area contributed by atoms with E-state index in [1.807, 2.05) is 66.9 Å². The highest BCUT2D eigenvalue weighted by Crippen LogP contribution is 2.37. The molecule has 1 aromatic heterocycles. The molecule has 1 fully saturated rings. The van der Waals surface area contributed by atoms with Gasteiger partial charge in [-0.15, -0.1) is 11.3 Å². The molecule has 0 saturated carbocycles. The topological polar surface area (TPSA) is 43.9 Å². The molecule has 2 aromatic carbocycles. The Kier molecular flexibility index (Phi) is 5.08. The minimum Gasteiger partial charge on any atom is -0.368 e. The Hall–Kier alpha value is -3.38. The summed E-state index contributed by atoms with van der Waals surface area (Å²) >= 11 is 1.50. The van der Waals surface area contributed by atoms with Crippen LogP contribution in [-0.2, 0) is 9.59 Å². The fourth-order valence-electron chi connectivity index (χ4n) is 4.21. The smallest absolute Gasteiger partial charge is 0.282 e. The first kappa shape index (κ1) is 19.6. The predicted molar refractivity (Wildman–Crippen MR) is 125 cm³/mol. The average Bonchev–Trinajstić information content (AvgIpc) is 3.41. The van der Waals surface area contributed by atoms with E-state index < -0.39 is 0 Å². The van der Waals surface area contributed by atoms with Crippen LogP contribution in [0.4, 0.5) is 11.4 Å². The number of benzene rings is 2. The number of imide groups is 1. The van der Waals surface area contributed by atoms with E-state index in [1.54, 1.807) is 0 Å². The summed E-state index contributed by atoms with van der Waals surface area (Å²) in [6.07, 6.45) is 0. The quantitative estimate of drug-likeness (QED) is 0.584. The summed E-state index contributed by atoms with van der Waals surface area (Å²) in [5.41, 5.74) is 3.94. The van der Waals surface area contributed by atoms with Gasteiger partial charge in [-0.1, -0.05) is 42.0 Å². The molecule has 5 rings (SSSR count). The maximum absolute atomic E-state index is 13.6. The molecule has 5 nitrogen and oxygen atoms in total. The molecular weight excluding hydrogens is 406 g/mol. The Balaban J connectivity index is 1.47. The minimum absolute atomic E-state index is 0.231. The fourth-order valence-corrected chi connectivity index (χ4v) is 4.97. The summed E-state index contributed by atoms with van der Waals surface area (Å²) in [4.78, 5) is 33.6. The van der Waals surface area contributed by atoms with Gasteiger partial charge in [0.15, 0.2) is 0 Å². The van der Waals surface area contributed by atoms with Gasteiger partial charge in [0.05, 0.1) is 11.3 Å². The van der Waals surface area contributed by atoms with Crippen LogP contribution in [0.1, 0.15) is 10.4 Å². The van der Waals surface area contributed by atoms with E-state index in [2.05, 4.69) is 21.9 Å². The summed E-state index contributed by atoms with van der Waals surface area (Å²) in [6, 6.07) is 21.7. The van der Waals surface area contributed by atoms with Gasteiger partial charge in [-0.2, -0.15) is 0 Å². The van der Waals surface area contributed by atoms with E-state index in [1.165, 1.54) is 21.9 Å². The maximum Gasteiger partial charge on any atom is 0.282 e. The van der Waals surface area contributed by atoms with Crippen molar-refractivity contribution in [2.24, 2.45) is 0 Å². The second-order valence-corrected chi connectivity index (χ2v) is 8.74. The predicted octanol–water partition coefficient (Wildman–Crippen LogP) is 4.16. The molecule has 1 saturated heterocycles. The number of amides is 2. The molecule has 2 aliphatic heterocycles. The highest BCUT2D eigenvalue weighted by molar-refractivity contribution is 7.11. The molecular formula is C25H23N3O2S. The number of anilines is 2. The number of para-hydroxylation sites is 1. The second-order valence-electron chi connectivity index (χ2n) is 7.79. The molecule has 3 aromatic rings. The van der Waals surface area contributed by atoms with E-state index in [0.29, 0.717) is 30.0 Å². The number of carbonyl (C=O) groups is 2. The van der Waals surface area contributed by atoms with E-state index in [9.17, 15) is 9.59 Å². The van der Waals surface area contributed by atoms with Gasteiger partial charge in [0.25, 0.3) is 11.8 Å². The van der Waals surface area contributed by atoms with Crippen LogP contribution >= 0.6 is 11.3 Å². The normalized spacial score (nSPS) is 17.1. The van der Waals surface area contributed by atoms with Crippen LogP contribution in [-0.4, -0.2) is 42.9 Å². The van der Waals surface area contributed by atoms with Crippen molar-refractivity contribution in [2.45, 2.75) is 6.92 Å². The number of aryl methyl sites for hydroxylation is 1. The van der Waals surface area contributed by atoms with Crippen LogP contribution < -0.4 is 9.80 Å². The molecule has 6 heteroatoms. The SMILES string of the molecule is Cc1ccc(N2C(=O)C(c3cccs3)=C(N3CCN(c4ccccc4)CC3)C2=O)cc1. The molecule has 0 radical (unpaired) electrons. The van der Waals surface area contributed by atoms with E-state index in [-0.39, 0.29) is 11.8 Å². The Bertz CT molecular complexity index is 1130. The molecule has 3 heterocycles. The lowest BCUT2D eigenvalue weighted by Crippen LogP contribution is -2.47. The van der Waals surface area contributed by atoms with Crippen LogP contribution in [0.5, 0.6) is 0 Å². The summed E-state index contributed by atoms with van der Waals surface area (Å²) in [5, 5.41) is 1.94. The van der Waals surface area contributed by atoms with E-state index >= 15 is 0 Å². The highest BCUT2D eigenvalue weighted by Gasteiger charge is 2.43. The van der Waals surface area contributed by atoms with E-state index in [4.69, 9.17) is 0 Å². The molecule has 156 valence electrons. The summed E-state index contributed by atoms with van der Waals surface area (Å²) in [6.45, 7) is 4.98. The van der Waals surface area contributed by atoms with Crippen LogP contribution in [0, 0.1) is 6.92 Å². The zero-order valence-corrected chi connectivity index (χ0v) is 18.1. The number of hydrogen-bond acceptors (Lipinski definition) is 5. The lowest BCUT2D eigenvalue weighted by molar-refractivity contribution is -0.120. The Labute approximate surface area is 185 Å². The van der Waals surface area contributed by atoms with Crippen LogP contribution in [0.3, 0.4) is 0 Å². The van der Waals surface area contributed by atoms with Gasteiger partial charge in [-0.25, -0.2) is 4.90 Å². The number of piperazine rings is 1. The third-order valence-electron chi connectivity index (χ3n) is 5.84. The molecule has 0 N–H and O–H groups in total. The van der Waals surface area contributed by atoms with Gasteiger partial charge in [-0.3, -0.25) is 9.59 Å². The second kappa shape index (κ2) is 8.04. The number of hydrogen-bond donors (Lipinski definition) is 0. The van der Waals surface area contributed by atoms with Crippen molar-refractivity contribution in [3.05, 3.63) is 88.2 Å². The van der Waals surface area contributed by atoms with Crippen molar-refractivity contribution in [1.29, 1.82) is 0 Å². The number of thiophene rings is 1. The van der Waals surface area contributed by atoms with Crippen LogP contribution in [0.25, 0.3) is 5.57 Å². The maximum atomic E-state index is 13.6. The minimum atomic E-state index is -0.239. The number of rotatable bonds is 4.